The van der Waals surface area contributed by atoms with Crippen LogP contribution < -0.4 is 10.2 Å². The molecule has 1 saturated heterocycles. The summed E-state index contributed by atoms with van der Waals surface area (Å²) >= 11 is 0. The molecule has 6 nitrogen and oxygen atoms in total. The van der Waals surface area contributed by atoms with Crippen LogP contribution in [0.15, 0.2) is 42.6 Å². The molecule has 1 aliphatic carbocycles. The molecular formula is C23H24FN5O. The smallest absolute Gasteiger partial charge is 0.257 e. The van der Waals surface area contributed by atoms with E-state index in [9.17, 15) is 9.18 Å². The van der Waals surface area contributed by atoms with Gasteiger partial charge in [-0.3, -0.25) is 9.78 Å². The van der Waals surface area contributed by atoms with E-state index in [1.807, 2.05) is 12.1 Å². The highest BCUT2D eigenvalue weighted by Gasteiger charge is 2.27. The van der Waals surface area contributed by atoms with Gasteiger partial charge in [0.1, 0.15) is 11.6 Å². The Morgan fingerprint density at radius 1 is 1.10 bits per heavy atom. The average molecular weight is 405 g/mol. The maximum Gasteiger partial charge on any atom is 0.257 e. The quantitative estimate of drug-likeness (QED) is 0.718. The number of nitrogens with one attached hydrogen (secondary N) is 1. The first kappa shape index (κ1) is 18.9. The molecule has 3 aromatic rings. The number of aromatic nitrogens is 2. The second kappa shape index (κ2) is 7.65. The molecule has 2 aliphatic rings. The number of rotatable bonds is 4. The lowest BCUT2D eigenvalue weighted by Crippen LogP contribution is -2.44. The van der Waals surface area contributed by atoms with E-state index in [2.05, 4.69) is 32.1 Å². The van der Waals surface area contributed by atoms with Crippen LogP contribution in [0.2, 0.25) is 0 Å². The van der Waals surface area contributed by atoms with Crippen LogP contribution >= 0.6 is 0 Å². The Bertz CT molecular complexity index is 1090. The molecule has 0 radical (unpaired) electrons. The molecule has 1 saturated carbocycles. The van der Waals surface area contributed by atoms with Gasteiger partial charge in [0.05, 0.1) is 23.0 Å². The zero-order chi connectivity index (χ0) is 20.7. The number of carbonyl (C=O) groups is 1. The second-order valence-corrected chi connectivity index (χ2v) is 8.18. The third kappa shape index (κ3) is 3.85. The van der Waals surface area contributed by atoms with Gasteiger partial charge in [-0.05, 0) is 56.3 Å². The number of piperazine rings is 1. The number of benzene rings is 1. The number of hydrogen-bond acceptors (Lipinski definition) is 5. The topological polar surface area (TPSA) is 61.4 Å². The molecule has 7 heteroatoms. The van der Waals surface area contributed by atoms with Gasteiger partial charge >= 0.3 is 0 Å². The molecule has 0 atom stereocenters. The number of pyridine rings is 2. The number of hydrogen-bond donors (Lipinski definition) is 1. The number of amides is 1. The van der Waals surface area contributed by atoms with Crippen LogP contribution in [0.4, 0.5) is 15.9 Å². The molecular weight excluding hydrogens is 381 g/mol. The van der Waals surface area contributed by atoms with Gasteiger partial charge in [-0.1, -0.05) is 0 Å². The molecule has 2 aromatic heterocycles. The van der Waals surface area contributed by atoms with Gasteiger partial charge in [0.15, 0.2) is 0 Å². The molecule has 1 N–H and O–H groups in total. The van der Waals surface area contributed by atoms with E-state index in [0.29, 0.717) is 28.2 Å². The summed E-state index contributed by atoms with van der Waals surface area (Å²) in [4.78, 5) is 26.7. The Labute approximate surface area is 174 Å². The van der Waals surface area contributed by atoms with Gasteiger partial charge in [-0.15, -0.1) is 0 Å². The molecule has 3 heterocycles. The van der Waals surface area contributed by atoms with E-state index in [-0.39, 0.29) is 11.7 Å². The second-order valence-electron chi connectivity index (χ2n) is 8.18. The van der Waals surface area contributed by atoms with Crippen LogP contribution in [0.3, 0.4) is 0 Å². The normalized spacial score (nSPS) is 17.3. The van der Waals surface area contributed by atoms with Gasteiger partial charge in [0.2, 0.25) is 0 Å². The van der Waals surface area contributed by atoms with E-state index >= 15 is 0 Å². The minimum atomic E-state index is -0.382. The molecule has 154 valence electrons. The fourth-order valence-corrected chi connectivity index (χ4v) is 3.89. The summed E-state index contributed by atoms with van der Waals surface area (Å²) in [7, 11) is 2.12. The Hall–Kier alpha value is -3.06. The molecule has 30 heavy (non-hydrogen) atoms. The van der Waals surface area contributed by atoms with Gasteiger partial charge in [-0.25, -0.2) is 9.37 Å². The summed E-state index contributed by atoms with van der Waals surface area (Å²) in [6, 6.07) is 9.99. The third-order valence-corrected chi connectivity index (χ3v) is 5.89. The maximum absolute atomic E-state index is 13.8. The van der Waals surface area contributed by atoms with Crippen molar-refractivity contribution in [3.63, 3.8) is 0 Å². The van der Waals surface area contributed by atoms with Crippen LogP contribution in [-0.2, 0) is 0 Å². The van der Waals surface area contributed by atoms with E-state index in [4.69, 9.17) is 0 Å². The van der Waals surface area contributed by atoms with Crippen molar-refractivity contribution in [3.8, 4) is 0 Å². The Morgan fingerprint density at radius 3 is 2.60 bits per heavy atom. The monoisotopic (exact) mass is 405 g/mol. The number of likely N-dealkylation sites (N-methyl/N-ethyl adjacent to an activating group) is 1. The lowest BCUT2D eigenvalue weighted by atomic mass is 10.1. The lowest BCUT2D eigenvalue weighted by Gasteiger charge is -2.33. The molecule has 1 aliphatic heterocycles. The zero-order valence-corrected chi connectivity index (χ0v) is 16.9. The van der Waals surface area contributed by atoms with E-state index in [1.165, 1.54) is 12.1 Å². The first-order chi connectivity index (χ1) is 14.6. The first-order valence-corrected chi connectivity index (χ1v) is 10.4. The first-order valence-electron chi connectivity index (χ1n) is 10.4. The lowest BCUT2D eigenvalue weighted by molar-refractivity contribution is 0.102. The van der Waals surface area contributed by atoms with Crippen LogP contribution in [0, 0.1) is 5.82 Å². The summed E-state index contributed by atoms with van der Waals surface area (Å²) in [6.45, 7) is 3.96. The molecule has 0 spiro atoms. The molecule has 0 bridgehead atoms. The predicted octanol–water partition coefficient (Wildman–Crippen LogP) is 3.65. The van der Waals surface area contributed by atoms with Crippen LogP contribution in [0.25, 0.3) is 10.9 Å². The number of nitrogens with zero attached hydrogens (tertiary/aromatic N) is 4. The fourth-order valence-electron chi connectivity index (χ4n) is 3.89. The standard InChI is InChI=1S/C23H24FN5O/c1-28-8-10-29(11-9-28)17-5-7-22(25-14-17)27-23(30)19-13-21(15-2-3-15)26-20-6-4-16(24)12-18(19)20/h4-7,12-15H,2-3,8-11H2,1H3,(H,25,27,30). The van der Waals surface area contributed by atoms with Gasteiger partial charge in [-0.2, -0.15) is 0 Å². The fraction of sp³-hybridized carbons (Fsp3) is 0.348. The minimum Gasteiger partial charge on any atom is -0.368 e. The van der Waals surface area contributed by atoms with Gasteiger partial charge < -0.3 is 15.1 Å². The van der Waals surface area contributed by atoms with Gasteiger partial charge in [0, 0.05) is 43.2 Å². The summed E-state index contributed by atoms with van der Waals surface area (Å²) in [6.07, 6.45) is 3.95. The predicted molar refractivity (Wildman–Crippen MR) is 116 cm³/mol. The van der Waals surface area contributed by atoms with E-state index < -0.39 is 0 Å². The summed E-state index contributed by atoms with van der Waals surface area (Å²) in [5, 5.41) is 3.39. The molecule has 5 rings (SSSR count). The SMILES string of the molecule is CN1CCN(c2ccc(NC(=O)c3cc(C4CC4)nc4ccc(F)cc34)nc2)CC1. The van der Waals surface area contributed by atoms with Crippen LogP contribution in [0.5, 0.6) is 0 Å². The number of carbonyl (C=O) groups excluding carboxylic acids is 1. The Balaban J connectivity index is 1.38. The molecule has 0 unspecified atom stereocenters. The van der Waals surface area contributed by atoms with Crippen molar-refractivity contribution in [3.05, 3.63) is 59.7 Å². The van der Waals surface area contributed by atoms with Gasteiger partial charge in [0.25, 0.3) is 5.91 Å². The highest BCUT2D eigenvalue weighted by Crippen LogP contribution is 2.40. The van der Waals surface area contributed by atoms with Crippen molar-refractivity contribution in [1.29, 1.82) is 0 Å². The van der Waals surface area contributed by atoms with Crippen molar-refractivity contribution >= 4 is 28.3 Å². The summed E-state index contributed by atoms with van der Waals surface area (Å²) in [5.41, 5.74) is 3.03. The highest BCUT2D eigenvalue weighted by atomic mass is 19.1. The van der Waals surface area contributed by atoms with Crippen molar-refractivity contribution in [1.82, 2.24) is 14.9 Å². The van der Waals surface area contributed by atoms with E-state index in [1.54, 1.807) is 18.3 Å². The van der Waals surface area contributed by atoms with Crippen molar-refractivity contribution in [2.24, 2.45) is 0 Å². The molecule has 1 aromatic carbocycles. The number of halogens is 1. The highest BCUT2D eigenvalue weighted by molar-refractivity contribution is 6.12. The van der Waals surface area contributed by atoms with Crippen LogP contribution in [0.1, 0.15) is 34.8 Å². The van der Waals surface area contributed by atoms with Crippen LogP contribution in [-0.4, -0.2) is 54.0 Å². The average Bonchev–Trinajstić information content (AvgIpc) is 3.60. The Morgan fingerprint density at radius 2 is 1.90 bits per heavy atom. The number of fused-ring (bicyclic) bond motifs is 1. The van der Waals surface area contributed by atoms with E-state index in [0.717, 1.165) is 50.4 Å². The minimum absolute atomic E-state index is 0.297. The molecule has 2 fully saturated rings. The number of anilines is 2. The van der Waals surface area contributed by atoms with Crippen molar-refractivity contribution < 1.29 is 9.18 Å². The molecule has 1 amide bonds. The van der Waals surface area contributed by atoms with Crippen molar-refractivity contribution in [2.45, 2.75) is 18.8 Å². The summed E-state index contributed by atoms with van der Waals surface area (Å²) < 4.78 is 13.8. The third-order valence-electron chi connectivity index (χ3n) is 5.89. The maximum atomic E-state index is 13.8. The van der Waals surface area contributed by atoms with Crippen molar-refractivity contribution in [2.75, 3.05) is 43.4 Å². The zero-order valence-electron chi connectivity index (χ0n) is 16.9. The Kier molecular flexibility index (Phi) is 4.83. The largest absolute Gasteiger partial charge is 0.368 e. The summed E-state index contributed by atoms with van der Waals surface area (Å²) in [5.74, 6) is 0.195.